The summed E-state index contributed by atoms with van der Waals surface area (Å²) in [4.78, 5) is 50.0. The van der Waals surface area contributed by atoms with E-state index in [0.717, 1.165) is 17.0 Å². The SMILES string of the molecule is CSc1ccc(C(=O)NC2CCC(NC(=O)O)CC2NC(=O)CNC(=O)c2cc(C(F)(F)F)ccc2N)cc1. The molecule has 1 aliphatic rings. The van der Waals surface area contributed by atoms with Gasteiger partial charge in [-0.2, -0.15) is 13.2 Å². The predicted octanol–water partition coefficient (Wildman–Crippen LogP) is 2.84. The molecule has 0 spiro atoms. The minimum absolute atomic E-state index is 0.170. The maximum Gasteiger partial charge on any atom is 0.416 e. The summed E-state index contributed by atoms with van der Waals surface area (Å²) in [5.74, 6) is -2.02. The van der Waals surface area contributed by atoms with Crippen LogP contribution in [0.2, 0.25) is 0 Å². The minimum atomic E-state index is -4.68. The molecule has 2 aromatic rings. The van der Waals surface area contributed by atoms with Gasteiger partial charge in [-0.3, -0.25) is 14.4 Å². The van der Waals surface area contributed by atoms with Gasteiger partial charge in [-0.15, -0.1) is 11.8 Å². The van der Waals surface area contributed by atoms with Crippen LogP contribution in [-0.2, 0) is 11.0 Å². The normalized spacial score (nSPS) is 19.0. The van der Waals surface area contributed by atoms with Crippen molar-refractivity contribution < 1.29 is 37.5 Å². The molecule has 2 aromatic carbocycles. The quantitative estimate of drug-likeness (QED) is 0.211. The zero-order chi connectivity index (χ0) is 28.7. The Morgan fingerprint density at radius 1 is 0.974 bits per heavy atom. The van der Waals surface area contributed by atoms with Gasteiger partial charge in [0.1, 0.15) is 0 Å². The van der Waals surface area contributed by atoms with Crippen LogP contribution in [0.1, 0.15) is 45.5 Å². The maximum absolute atomic E-state index is 13.0. The number of alkyl halides is 3. The zero-order valence-electron chi connectivity index (χ0n) is 20.8. The van der Waals surface area contributed by atoms with E-state index in [0.29, 0.717) is 24.5 Å². The van der Waals surface area contributed by atoms with Crippen LogP contribution in [0.4, 0.5) is 23.7 Å². The van der Waals surface area contributed by atoms with Crippen molar-refractivity contribution in [3.05, 3.63) is 59.2 Å². The van der Waals surface area contributed by atoms with Crippen LogP contribution in [0.5, 0.6) is 0 Å². The third kappa shape index (κ3) is 8.27. The number of amides is 4. The number of hydrogen-bond acceptors (Lipinski definition) is 6. The number of carbonyl (C=O) groups is 4. The molecule has 3 rings (SSSR count). The van der Waals surface area contributed by atoms with E-state index >= 15 is 0 Å². The van der Waals surface area contributed by atoms with E-state index in [4.69, 9.17) is 10.8 Å². The van der Waals surface area contributed by atoms with E-state index in [9.17, 15) is 32.3 Å². The lowest BCUT2D eigenvalue weighted by Crippen LogP contribution is -2.58. The standard InChI is InChI=1S/C25H28F3N5O5S/c1-39-16-6-2-13(3-7-16)22(35)33-19-9-5-15(31-24(37)38)11-20(19)32-21(34)12-30-23(36)17-10-14(25(26,27)28)4-8-18(17)29/h2-4,6-8,10,15,19-20,31H,5,9,11-12,29H2,1H3,(H,30,36)(H,32,34)(H,33,35)(H,37,38). The van der Waals surface area contributed by atoms with Gasteiger partial charge in [-0.25, -0.2) is 4.79 Å². The smallest absolute Gasteiger partial charge is 0.416 e. The predicted molar refractivity (Wildman–Crippen MR) is 138 cm³/mol. The maximum atomic E-state index is 13.0. The molecule has 3 atom stereocenters. The number of thioether (sulfide) groups is 1. The van der Waals surface area contributed by atoms with Gasteiger partial charge in [0.15, 0.2) is 0 Å². The fourth-order valence-corrected chi connectivity index (χ4v) is 4.65. The lowest BCUT2D eigenvalue weighted by atomic mass is 9.86. The van der Waals surface area contributed by atoms with Crippen molar-refractivity contribution in [2.75, 3.05) is 18.5 Å². The summed E-state index contributed by atoms with van der Waals surface area (Å²) in [6.07, 6.45) is -3.06. The molecule has 14 heteroatoms. The second-order valence-corrected chi connectivity index (χ2v) is 9.80. The number of halogens is 3. The molecular formula is C25H28F3N5O5S. The van der Waals surface area contributed by atoms with E-state index < -0.39 is 59.9 Å². The van der Waals surface area contributed by atoms with Crippen molar-refractivity contribution in [2.24, 2.45) is 0 Å². The lowest BCUT2D eigenvalue weighted by Gasteiger charge is -2.37. The molecule has 3 unspecified atom stereocenters. The Bertz CT molecular complexity index is 1230. The highest BCUT2D eigenvalue weighted by molar-refractivity contribution is 7.98. The van der Waals surface area contributed by atoms with Crippen molar-refractivity contribution in [1.29, 1.82) is 0 Å². The molecule has 0 bridgehead atoms. The monoisotopic (exact) mass is 567 g/mol. The molecule has 0 aromatic heterocycles. The Labute approximate surface area is 226 Å². The van der Waals surface area contributed by atoms with Crippen LogP contribution in [0.15, 0.2) is 47.4 Å². The molecule has 39 heavy (non-hydrogen) atoms. The highest BCUT2D eigenvalue weighted by Gasteiger charge is 2.34. The van der Waals surface area contributed by atoms with E-state index in [1.54, 1.807) is 24.3 Å². The third-order valence-corrected chi connectivity index (χ3v) is 6.97. The van der Waals surface area contributed by atoms with Crippen LogP contribution >= 0.6 is 11.8 Å². The van der Waals surface area contributed by atoms with Crippen LogP contribution in [-0.4, -0.2) is 59.8 Å². The molecule has 10 nitrogen and oxygen atoms in total. The van der Waals surface area contributed by atoms with Crippen molar-refractivity contribution in [3.8, 4) is 0 Å². The average molecular weight is 568 g/mol. The summed E-state index contributed by atoms with van der Waals surface area (Å²) in [6.45, 7) is -0.584. The van der Waals surface area contributed by atoms with E-state index in [-0.39, 0.29) is 18.0 Å². The van der Waals surface area contributed by atoms with Crippen LogP contribution in [0.25, 0.3) is 0 Å². The average Bonchev–Trinajstić information content (AvgIpc) is 2.88. The van der Waals surface area contributed by atoms with E-state index in [2.05, 4.69) is 21.3 Å². The summed E-state index contributed by atoms with van der Waals surface area (Å²) < 4.78 is 39.0. The van der Waals surface area contributed by atoms with Crippen molar-refractivity contribution in [1.82, 2.24) is 21.3 Å². The summed E-state index contributed by atoms with van der Waals surface area (Å²) in [6, 6.07) is 7.52. The first kappa shape index (κ1) is 29.6. The molecule has 0 heterocycles. The van der Waals surface area contributed by atoms with Crippen molar-refractivity contribution in [2.45, 2.75) is 48.5 Å². The van der Waals surface area contributed by atoms with Crippen molar-refractivity contribution in [3.63, 3.8) is 0 Å². The molecule has 0 aliphatic heterocycles. The first-order valence-corrected chi connectivity index (χ1v) is 13.1. The second kappa shape index (κ2) is 12.7. The lowest BCUT2D eigenvalue weighted by molar-refractivity contribution is -0.137. The fourth-order valence-electron chi connectivity index (χ4n) is 4.25. The first-order chi connectivity index (χ1) is 18.4. The van der Waals surface area contributed by atoms with E-state index in [1.165, 1.54) is 11.8 Å². The fraction of sp³-hybridized carbons (Fsp3) is 0.360. The Morgan fingerprint density at radius 2 is 1.67 bits per heavy atom. The van der Waals surface area contributed by atoms with Crippen LogP contribution < -0.4 is 27.0 Å². The highest BCUT2D eigenvalue weighted by Crippen LogP contribution is 2.31. The molecule has 1 saturated carbocycles. The Kier molecular flexibility index (Phi) is 9.67. The summed E-state index contributed by atoms with van der Waals surface area (Å²) in [5.41, 5.74) is 4.37. The molecular weight excluding hydrogens is 539 g/mol. The number of carbonyl (C=O) groups excluding carboxylic acids is 3. The van der Waals surface area contributed by atoms with Gasteiger partial charge in [-0.1, -0.05) is 0 Å². The van der Waals surface area contributed by atoms with Gasteiger partial charge in [0.25, 0.3) is 11.8 Å². The molecule has 0 saturated heterocycles. The number of nitrogen functional groups attached to an aromatic ring is 1. The number of carboxylic acid groups (broad SMARTS) is 1. The molecule has 1 fully saturated rings. The van der Waals surface area contributed by atoms with Gasteiger partial charge < -0.3 is 32.1 Å². The van der Waals surface area contributed by atoms with E-state index in [1.807, 2.05) is 6.26 Å². The van der Waals surface area contributed by atoms with Crippen molar-refractivity contribution >= 4 is 41.3 Å². The highest BCUT2D eigenvalue weighted by atomic mass is 32.2. The number of benzene rings is 2. The summed E-state index contributed by atoms with van der Waals surface area (Å²) in [7, 11) is 0. The zero-order valence-corrected chi connectivity index (χ0v) is 21.6. The topological polar surface area (TPSA) is 163 Å². The third-order valence-electron chi connectivity index (χ3n) is 6.23. The number of nitrogens with one attached hydrogen (secondary N) is 4. The van der Waals surface area contributed by atoms with Gasteiger partial charge in [0.05, 0.1) is 23.7 Å². The van der Waals surface area contributed by atoms with Crippen LogP contribution in [0, 0.1) is 0 Å². The molecule has 7 N–H and O–H groups in total. The first-order valence-electron chi connectivity index (χ1n) is 11.9. The van der Waals surface area contributed by atoms with Gasteiger partial charge in [0.2, 0.25) is 5.91 Å². The number of nitrogens with two attached hydrogens (primary N) is 1. The molecule has 4 amide bonds. The van der Waals surface area contributed by atoms with Gasteiger partial charge in [-0.05, 0) is 68.0 Å². The van der Waals surface area contributed by atoms with Gasteiger partial charge in [0, 0.05) is 28.2 Å². The molecule has 210 valence electrons. The van der Waals surface area contributed by atoms with Crippen LogP contribution in [0.3, 0.4) is 0 Å². The Hall–Kier alpha value is -3.94. The number of hydrogen-bond donors (Lipinski definition) is 6. The Balaban J connectivity index is 1.66. The molecule has 1 aliphatic carbocycles. The molecule has 0 radical (unpaired) electrons. The number of rotatable bonds is 8. The largest absolute Gasteiger partial charge is 0.465 e. The second-order valence-electron chi connectivity index (χ2n) is 8.92. The Morgan fingerprint density at radius 3 is 2.28 bits per heavy atom. The van der Waals surface area contributed by atoms with Gasteiger partial charge >= 0.3 is 12.3 Å². The summed E-state index contributed by atoms with van der Waals surface area (Å²) in [5, 5.41) is 19.3. The summed E-state index contributed by atoms with van der Waals surface area (Å²) >= 11 is 1.52. The number of anilines is 1. The minimum Gasteiger partial charge on any atom is -0.465 e.